The monoisotopic (exact) mass is 343 g/mol. The smallest absolute Gasteiger partial charge is 0.338 e. The number of ether oxygens (including phenoxy) is 1. The molecule has 0 bridgehead atoms. The number of anilines is 1. The van der Waals surface area contributed by atoms with Crippen LogP contribution in [0.3, 0.4) is 0 Å². The molecule has 0 aliphatic carbocycles. The van der Waals surface area contributed by atoms with Crippen molar-refractivity contribution in [1.82, 2.24) is 9.88 Å². The van der Waals surface area contributed by atoms with Gasteiger partial charge in [-0.15, -0.1) is 0 Å². The highest BCUT2D eigenvalue weighted by Crippen LogP contribution is 2.13. The van der Waals surface area contributed by atoms with Crippen molar-refractivity contribution in [1.29, 1.82) is 0 Å². The number of benzene rings is 1. The van der Waals surface area contributed by atoms with Crippen LogP contribution in [-0.4, -0.2) is 34.1 Å². The number of carbonyl (C=O) groups excluding carboxylic acids is 1. The maximum atomic E-state index is 11.7. The molecule has 0 fully saturated rings. The molecule has 0 amide bonds. The van der Waals surface area contributed by atoms with E-state index in [9.17, 15) is 4.79 Å². The Morgan fingerprint density at radius 1 is 1.17 bits per heavy atom. The van der Waals surface area contributed by atoms with Gasteiger partial charge in [0.2, 0.25) is 0 Å². The normalized spacial score (nSPS) is 10.1. The number of hydrogen-bond donors (Lipinski definition) is 1. The summed E-state index contributed by atoms with van der Waals surface area (Å²) in [5.41, 5.74) is 2.51. The first-order chi connectivity index (χ1) is 11.6. The zero-order valence-corrected chi connectivity index (χ0v) is 14.7. The van der Waals surface area contributed by atoms with Gasteiger partial charge in [-0.1, -0.05) is 0 Å². The Balaban J connectivity index is 1.98. The third-order valence-electron chi connectivity index (χ3n) is 3.44. The van der Waals surface area contributed by atoms with E-state index in [1.165, 1.54) is 0 Å². The standard InChI is InChI=1S/C18H21N3O2S/c1-3-21(13-14-9-11-19-12-10-14)18(24)20-16-7-5-15(6-8-16)17(22)23-4-2/h5-12H,3-4,13H2,1-2H3,(H,20,24). The van der Waals surface area contributed by atoms with Crippen LogP contribution < -0.4 is 5.32 Å². The van der Waals surface area contributed by atoms with E-state index in [4.69, 9.17) is 17.0 Å². The van der Waals surface area contributed by atoms with Crippen LogP contribution in [0.2, 0.25) is 0 Å². The molecule has 0 aliphatic heterocycles. The van der Waals surface area contributed by atoms with Crippen molar-refractivity contribution in [3.05, 3.63) is 59.9 Å². The average molecular weight is 343 g/mol. The highest BCUT2D eigenvalue weighted by molar-refractivity contribution is 7.80. The van der Waals surface area contributed by atoms with E-state index >= 15 is 0 Å². The third-order valence-corrected chi connectivity index (χ3v) is 3.80. The van der Waals surface area contributed by atoms with Crippen LogP contribution in [0.5, 0.6) is 0 Å². The predicted molar refractivity (Wildman–Crippen MR) is 98.9 cm³/mol. The van der Waals surface area contributed by atoms with E-state index in [0.29, 0.717) is 23.8 Å². The molecule has 0 aliphatic rings. The lowest BCUT2D eigenvalue weighted by Gasteiger charge is -2.24. The quantitative estimate of drug-likeness (QED) is 0.640. The Morgan fingerprint density at radius 3 is 2.42 bits per heavy atom. The molecule has 0 saturated carbocycles. The number of aromatic nitrogens is 1. The van der Waals surface area contributed by atoms with E-state index in [0.717, 1.165) is 17.8 Å². The van der Waals surface area contributed by atoms with E-state index in [2.05, 4.69) is 22.1 Å². The highest BCUT2D eigenvalue weighted by Gasteiger charge is 2.10. The lowest BCUT2D eigenvalue weighted by Crippen LogP contribution is -2.34. The summed E-state index contributed by atoms with van der Waals surface area (Å²) in [7, 11) is 0. The zero-order chi connectivity index (χ0) is 17.4. The molecular formula is C18H21N3O2S. The van der Waals surface area contributed by atoms with Gasteiger partial charge in [0.25, 0.3) is 0 Å². The summed E-state index contributed by atoms with van der Waals surface area (Å²) in [5.74, 6) is -0.320. The average Bonchev–Trinajstić information content (AvgIpc) is 2.61. The van der Waals surface area contributed by atoms with Crippen LogP contribution in [0, 0.1) is 0 Å². The third kappa shape index (κ3) is 5.03. The number of rotatable bonds is 6. The number of thiocarbonyl (C=S) groups is 1. The fraction of sp³-hybridized carbons (Fsp3) is 0.278. The summed E-state index contributed by atoms with van der Waals surface area (Å²) >= 11 is 5.49. The van der Waals surface area contributed by atoms with E-state index < -0.39 is 0 Å². The van der Waals surface area contributed by atoms with Gasteiger partial charge < -0.3 is 15.0 Å². The van der Waals surface area contributed by atoms with Crippen molar-refractivity contribution in [3.63, 3.8) is 0 Å². The van der Waals surface area contributed by atoms with Crippen molar-refractivity contribution in [2.45, 2.75) is 20.4 Å². The number of carbonyl (C=O) groups is 1. The van der Waals surface area contributed by atoms with Crippen molar-refractivity contribution in [2.75, 3.05) is 18.5 Å². The van der Waals surface area contributed by atoms with Gasteiger partial charge >= 0.3 is 5.97 Å². The Labute approximate surface area is 147 Å². The van der Waals surface area contributed by atoms with Gasteiger partial charge in [-0.25, -0.2) is 4.79 Å². The summed E-state index contributed by atoms with van der Waals surface area (Å²) in [5, 5.41) is 3.84. The summed E-state index contributed by atoms with van der Waals surface area (Å²) < 4.78 is 4.97. The molecule has 5 nitrogen and oxygen atoms in total. The second-order valence-electron chi connectivity index (χ2n) is 5.10. The van der Waals surface area contributed by atoms with Crippen molar-refractivity contribution in [2.24, 2.45) is 0 Å². The molecular weight excluding hydrogens is 322 g/mol. The van der Waals surface area contributed by atoms with E-state index in [-0.39, 0.29) is 5.97 Å². The van der Waals surface area contributed by atoms with Crippen LogP contribution in [0.1, 0.15) is 29.8 Å². The largest absolute Gasteiger partial charge is 0.462 e. The molecule has 0 spiro atoms. The molecule has 1 N–H and O–H groups in total. The number of nitrogens with one attached hydrogen (secondary N) is 1. The lowest BCUT2D eigenvalue weighted by molar-refractivity contribution is 0.0526. The minimum Gasteiger partial charge on any atom is -0.462 e. The first kappa shape index (κ1) is 17.9. The van der Waals surface area contributed by atoms with Crippen LogP contribution in [0.15, 0.2) is 48.8 Å². The molecule has 24 heavy (non-hydrogen) atoms. The predicted octanol–water partition coefficient (Wildman–Crippen LogP) is 3.48. The molecule has 0 saturated heterocycles. The maximum Gasteiger partial charge on any atom is 0.338 e. The highest BCUT2D eigenvalue weighted by atomic mass is 32.1. The second-order valence-corrected chi connectivity index (χ2v) is 5.48. The number of hydrogen-bond acceptors (Lipinski definition) is 4. The minimum absolute atomic E-state index is 0.320. The van der Waals surface area contributed by atoms with E-state index in [1.807, 2.05) is 24.3 Å². The molecule has 2 rings (SSSR count). The van der Waals surface area contributed by atoms with Crippen molar-refractivity contribution >= 4 is 29.0 Å². The van der Waals surface area contributed by atoms with Gasteiger partial charge in [-0.05, 0) is 68.0 Å². The fourth-order valence-electron chi connectivity index (χ4n) is 2.14. The molecule has 0 radical (unpaired) electrons. The van der Waals surface area contributed by atoms with Crippen molar-refractivity contribution in [3.8, 4) is 0 Å². The number of pyridine rings is 1. The first-order valence-corrected chi connectivity index (χ1v) is 8.26. The van der Waals surface area contributed by atoms with Crippen LogP contribution in [0.4, 0.5) is 5.69 Å². The number of esters is 1. The van der Waals surface area contributed by atoms with Gasteiger partial charge in [-0.2, -0.15) is 0 Å². The molecule has 1 heterocycles. The molecule has 2 aromatic rings. The number of nitrogens with zero attached hydrogens (tertiary/aromatic N) is 2. The Bertz CT molecular complexity index is 674. The van der Waals surface area contributed by atoms with Gasteiger partial charge in [0.05, 0.1) is 12.2 Å². The Hall–Kier alpha value is -2.47. The zero-order valence-electron chi connectivity index (χ0n) is 13.9. The van der Waals surface area contributed by atoms with Gasteiger partial charge in [0, 0.05) is 31.2 Å². The fourth-order valence-corrected chi connectivity index (χ4v) is 2.45. The van der Waals surface area contributed by atoms with Crippen molar-refractivity contribution < 1.29 is 9.53 Å². The van der Waals surface area contributed by atoms with Gasteiger partial charge in [0.1, 0.15) is 0 Å². The minimum atomic E-state index is -0.320. The summed E-state index contributed by atoms with van der Waals surface area (Å²) in [4.78, 5) is 17.7. The molecule has 1 aromatic heterocycles. The van der Waals surface area contributed by atoms with E-state index in [1.54, 1.807) is 31.5 Å². The molecule has 6 heteroatoms. The van der Waals surface area contributed by atoms with Crippen LogP contribution >= 0.6 is 12.2 Å². The van der Waals surface area contributed by atoms with Crippen LogP contribution in [0.25, 0.3) is 0 Å². The van der Waals surface area contributed by atoms with Gasteiger partial charge in [-0.3, -0.25) is 4.98 Å². The summed E-state index contributed by atoms with van der Waals surface area (Å²) in [6.07, 6.45) is 3.54. The molecule has 1 aromatic carbocycles. The summed E-state index contributed by atoms with van der Waals surface area (Å²) in [6.45, 7) is 5.71. The molecule has 126 valence electrons. The lowest BCUT2D eigenvalue weighted by atomic mass is 10.2. The topological polar surface area (TPSA) is 54.5 Å². The van der Waals surface area contributed by atoms with Gasteiger partial charge in [0.15, 0.2) is 5.11 Å². The first-order valence-electron chi connectivity index (χ1n) is 7.86. The molecule has 0 unspecified atom stereocenters. The Morgan fingerprint density at radius 2 is 1.83 bits per heavy atom. The maximum absolute atomic E-state index is 11.7. The molecule has 0 atom stereocenters. The summed E-state index contributed by atoms with van der Waals surface area (Å²) in [6, 6.07) is 11.0. The Kier molecular flexibility index (Phi) is 6.69. The SMILES string of the molecule is CCOC(=O)c1ccc(NC(=S)N(CC)Cc2ccncc2)cc1. The second kappa shape index (κ2) is 8.98. The van der Waals surface area contributed by atoms with Crippen LogP contribution in [-0.2, 0) is 11.3 Å².